The second-order valence-electron chi connectivity index (χ2n) is 4.85. The lowest BCUT2D eigenvalue weighted by Crippen LogP contribution is -2.56. The first-order valence-corrected chi connectivity index (χ1v) is 7.60. The van der Waals surface area contributed by atoms with Gasteiger partial charge in [-0.1, -0.05) is 62.1 Å². The predicted molar refractivity (Wildman–Crippen MR) is 71.7 cm³/mol. The van der Waals surface area contributed by atoms with Gasteiger partial charge in [0.1, 0.15) is 0 Å². The van der Waals surface area contributed by atoms with Crippen LogP contribution in [0.2, 0.25) is 0 Å². The quantitative estimate of drug-likeness (QED) is 0.188. The van der Waals surface area contributed by atoms with Crippen molar-refractivity contribution in [3.63, 3.8) is 0 Å². The molecule has 20 heavy (non-hydrogen) atoms. The molecule has 0 aromatic carbocycles. The molecule has 122 valence electrons. The first-order valence-electron chi connectivity index (χ1n) is 6.36. The summed E-state index contributed by atoms with van der Waals surface area (Å²) < 4.78 is 87.9. The van der Waals surface area contributed by atoms with E-state index in [9.17, 15) is 30.7 Å². The van der Waals surface area contributed by atoms with E-state index in [1.165, 1.54) is 22.6 Å². The van der Waals surface area contributed by atoms with Gasteiger partial charge in [0.2, 0.25) is 0 Å². The number of hydrogen-bond donors (Lipinski definition) is 0. The zero-order valence-corrected chi connectivity index (χ0v) is 13.4. The Balaban J connectivity index is 4.76. The Morgan fingerprint density at radius 2 is 1.40 bits per heavy atom. The van der Waals surface area contributed by atoms with E-state index >= 15 is 0 Å². The Labute approximate surface area is 127 Å². The van der Waals surface area contributed by atoms with Crippen molar-refractivity contribution in [2.24, 2.45) is 5.92 Å². The third-order valence-electron chi connectivity index (χ3n) is 3.22. The third-order valence-corrected chi connectivity index (χ3v) is 4.92. The fourth-order valence-electron chi connectivity index (χ4n) is 1.72. The van der Waals surface area contributed by atoms with E-state index in [-0.39, 0.29) is 6.42 Å². The van der Waals surface area contributed by atoms with Crippen molar-refractivity contribution in [1.82, 2.24) is 0 Å². The smallest absolute Gasteiger partial charge is 0.199 e. The van der Waals surface area contributed by atoms with Crippen LogP contribution in [-0.2, 0) is 0 Å². The van der Waals surface area contributed by atoms with E-state index in [1.807, 2.05) is 6.92 Å². The summed E-state index contributed by atoms with van der Waals surface area (Å²) in [5, 5.41) is 0. The highest BCUT2D eigenvalue weighted by Gasteiger charge is 2.74. The first-order chi connectivity index (χ1) is 8.89. The van der Waals surface area contributed by atoms with Gasteiger partial charge in [0.25, 0.3) is 0 Å². The molecule has 0 aliphatic carbocycles. The van der Waals surface area contributed by atoms with E-state index in [1.54, 1.807) is 0 Å². The fourth-order valence-corrected chi connectivity index (χ4v) is 2.61. The summed E-state index contributed by atoms with van der Waals surface area (Å²) in [4.78, 5) is 0. The minimum atomic E-state index is -6.25. The van der Waals surface area contributed by atoms with Gasteiger partial charge in [-0.05, 0) is 6.42 Å². The predicted octanol–water partition coefficient (Wildman–Crippen LogP) is 6.23. The van der Waals surface area contributed by atoms with Gasteiger partial charge in [0.15, 0.2) is 0 Å². The molecule has 0 aliphatic rings. The molecule has 0 saturated heterocycles. The molecule has 0 bridgehead atoms. The largest absolute Gasteiger partial charge is 0.459 e. The van der Waals surface area contributed by atoms with Crippen LogP contribution in [0.4, 0.5) is 30.7 Å². The molecule has 0 spiro atoms. The van der Waals surface area contributed by atoms with Crippen molar-refractivity contribution in [2.75, 3.05) is 0 Å². The van der Waals surface area contributed by atoms with Crippen molar-refractivity contribution >= 4 is 22.6 Å². The molecule has 2 unspecified atom stereocenters. The molecule has 8 heteroatoms. The highest BCUT2D eigenvalue weighted by Crippen LogP contribution is 2.51. The Hall–Kier alpha value is 0.240. The molecule has 0 radical (unpaired) electrons. The maximum Gasteiger partial charge on any atom is 0.459 e. The normalized spacial score (nSPS) is 17.1. The van der Waals surface area contributed by atoms with Crippen LogP contribution in [0.5, 0.6) is 0 Å². The molecule has 0 fully saturated rings. The number of hydrogen-bond acceptors (Lipinski definition) is 0. The SMILES string of the molecule is CCCCCCC(I)C(C)C(F)(F)C(F)(F)C(F)(F)F. The summed E-state index contributed by atoms with van der Waals surface area (Å²) in [6, 6.07) is 0. The maximum atomic E-state index is 13.4. The van der Waals surface area contributed by atoms with Crippen molar-refractivity contribution in [1.29, 1.82) is 0 Å². The summed E-state index contributed by atoms with van der Waals surface area (Å²) in [6.45, 7) is 2.69. The van der Waals surface area contributed by atoms with Gasteiger partial charge >= 0.3 is 18.0 Å². The topological polar surface area (TPSA) is 0 Å². The molecule has 0 aromatic heterocycles. The lowest BCUT2D eigenvalue weighted by atomic mass is 9.91. The molecule has 2 atom stereocenters. The summed E-state index contributed by atoms with van der Waals surface area (Å²) in [5.41, 5.74) is 0. The maximum absolute atomic E-state index is 13.4. The van der Waals surface area contributed by atoms with E-state index in [2.05, 4.69) is 0 Å². The molecule has 0 aromatic rings. The monoisotopic (exact) mass is 422 g/mol. The zero-order valence-electron chi connectivity index (χ0n) is 11.2. The van der Waals surface area contributed by atoms with Crippen LogP contribution < -0.4 is 0 Å². The Kier molecular flexibility index (Phi) is 7.58. The van der Waals surface area contributed by atoms with E-state index in [4.69, 9.17) is 0 Å². The minimum absolute atomic E-state index is 0.200. The fraction of sp³-hybridized carbons (Fsp3) is 1.00. The minimum Gasteiger partial charge on any atom is -0.199 e. The Morgan fingerprint density at radius 1 is 0.900 bits per heavy atom. The second kappa shape index (κ2) is 7.49. The Bertz CT molecular complexity index is 288. The molecule has 0 aliphatic heterocycles. The average molecular weight is 422 g/mol. The van der Waals surface area contributed by atoms with Crippen molar-refractivity contribution in [3.8, 4) is 0 Å². The number of unbranched alkanes of at least 4 members (excludes halogenated alkanes) is 3. The van der Waals surface area contributed by atoms with E-state index < -0.39 is 27.9 Å². The highest BCUT2D eigenvalue weighted by atomic mass is 127. The van der Waals surface area contributed by atoms with Crippen LogP contribution in [-0.4, -0.2) is 21.9 Å². The number of rotatable bonds is 8. The summed E-state index contributed by atoms with van der Waals surface area (Å²) in [6.07, 6.45) is -2.95. The first kappa shape index (κ1) is 20.2. The number of alkyl halides is 8. The van der Waals surface area contributed by atoms with Gasteiger partial charge in [-0.15, -0.1) is 0 Å². The lowest BCUT2D eigenvalue weighted by Gasteiger charge is -2.34. The van der Waals surface area contributed by atoms with Crippen LogP contribution >= 0.6 is 22.6 Å². The average Bonchev–Trinajstić information content (AvgIpc) is 2.31. The molecule has 0 heterocycles. The van der Waals surface area contributed by atoms with Crippen LogP contribution in [0, 0.1) is 5.92 Å². The van der Waals surface area contributed by atoms with Crippen LogP contribution in [0.25, 0.3) is 0 Å². The van der Waals surface area contributed by atoms with Crippen LogP contribution in [0.1, 0.15) is 46.0 Å². The lowest BCUT2D eigenvalue weighted by molar-refractivity contribution is -0.364. The molecule has 0 rings (SSSR count). The van der Waals surface area contributed by atoms with Gasteiger partial charge in [-0.3, -0.25) is 0 Å². The van der Waals surface area contributed by atoms with Crippen LogP contribution in [0.15, 0.2) is 0 Å². The summed E-state index contributed by atoms with van der Waals surface area (Å²) in [7, 11) is 0. The zero-order chi connectivity index (χ0) is 16.2. The van der Waals surface area contributed by atoms with Crippen LogP contribution in [0.3, 0.4) is 0 Å². The highest BCUT2D eigenvalue weighted by molar-refractivity contribution is 14.1. The van der Waals surface area contributed by atoms with Crippen molar-refractivity contribution in [2.45, 2.75) is 67.9 Å². The molecular weight excluding hydrogens is 404 g/mol. The standard InChI is InChI=1S/C12H18F7I/c1-3-4-5-6-7-9(20)8(2)10(13,14)11(15,16)12(17,18)19/h8-9H,3-7H2,1-2H3. The second-order valence-corrected chi connectivity index (χ2v) is 6.45. The number of halogens is 8. The molecule has 0 nitrogen and oxygen atoms in total. The van der Waals surface area contributed by atoms with Gasteiger partial charge in [-0.2, -0.15) is 30.7 Å². The molecule has 0 saturated carbocycles. The molecule has 0 amide bonds. The van der Waals surface area contributed by atoms with Gasteiger partial charge in [0, 0.05) is 9.84 Å². The Morgan fingerprint density at radius 3 is 1.80 bits per heavy atom. The molecular formula is C12H18F7I. The van der Waals surface area contributed by atoms with Crippen molar-refractivity contribution in [3.05, 3.63) is 0 Å². The van der Waals surface area contributed by atoms with Gasteiger partial charge < -0.3 is 0 Å². The summed E-state index contributed by atoms with van der Waals surface area (Å²) >= 11 is 1.53. The van der Waals surface area contributed by atoms with Crippen molar-refractivity contribution < 1.29 is 30.7 Å². The summed E-state index contributed by atoms with van der Waals surface area (Å²) in [5.74, 6) is -13.2. The van der Waals surface area contributed by atoms with E-state index in [0.29, 0.717) is 6.42 Å². The third kappa shape index (κ3) is 4.62. The van der Waals surface area contributed by atoms with Gasteiger partial charge in [-0.25, -0.2) is 0 Å². The molecule has 0 N–H and O–H groups in total. The van der Waals surface area contributed by atoms with Gasteiger partial charge in [0.05, 0.1) is 0 Å². The van der Waals surface area contributed by atoms with E-state index in [0.717, 1.165) is 26.2 Å².